The van der Waals surface area contributed by atoms with Crippen molar-refractivity contribution >= 4 is 11.6 Å². The van der Waals surface area contributed by atoms with Gasteiger partial charge in [-0.2, -0.15) is 5.26 Å². The Morgan fingerprint density at radius 2 is 2.20 bits per heavy atom. The zero-order valence-corrected chi connectivity index (χ0v) is 8.49. The minimum atomic E-state index is 0.398. The first-order chi connectivity index (χ1) is 7.31. The Kier molecular flexibility index (Phi) is 2.66. The first-order valence-electron chi connectivity index (χ1n) is 4.34. The van der Waals surface area contributed by atoms with Crippen LogP contribution in [-0.2, 0) is 0 Å². The molecule has 3 heteroatoms. The van der Waals surface area contributed by atoms with Crippen molar-refractivity contribution in [3.05, 3.63) is 53.3 Å². The van der Waals surface area contributed by atoms with E-state index in [4.69, 9.17) is 16.9 Å². The molecule has 0 aliphatic carbocycles. The van der Waals surface area contributed by atoms with E-state index in [0.29, 0.717) is 10.7 Å². The normalized spacial score (nSPS) is 9.60. The van der Waals surface area contributed by atoms with E-state index < -0.39 is 0 Å². The molecule has 0 N–H and O–H groups in total. The van der Waals surface area contributed by atoms with Gasteiger partial charge < -0.3 is 0 Å². The fourth-order valence-electron chi connectivity index (χ4n) is 1.26. The average molecular weight is 214 g/mol. The van der Waals surface area contributed by atoms with E-state index in [1.54, 1.807) is 18.3 Å². The van der Waals surface area contributed by atoms with Gasteiger partial charge in [-0.25, -0.2) is 4.98 Å². The van der Waals surface area contributed by atoms with Crippen LogP contribution >= 0.6 is 11.6 Å². The van der Waals surface area contributed by atoms with Crippen molar-refractivity contribution < 1.29 is 0 Å². The van der Waals surface area contributed by atoms with Gasteiger partial charge in [-0.3, -0.25) is 0 Å². The van der Waals surface area contributed by atoms with Crippen LogP contribution in [0.3, 0.4) is 0 Å². The van der Waals surface area contributed by atoms with E-state index in [1.165, 1.54) is 0 Å². The topological polar surface area (TPSA) is 36.7 Å². The second-order valence-corrected chi connectivity index (χ2v) is 3.32. The predicted octanol–water partition coefficient (Wildman–Crippen LogP) is 3.07. The summed E-state index contributed by atoms with van der Waals surface area (Å²) in [4.78, 5) is 3.98. The van der Waals surface area contributed by atoms with E-state index in [9.17, 15) is 0 Å². The number of nitrogens with zero attached hydrogens (tertiary/aromatic N) is 2. The van der Waals surface area contributed by atoms with Crippen LogP contribution in [0.2, 0.25) is 5.02 Å². The zero-order valence-electron chi connectivity index (χ0n) is 7.74. The Morgan fingerprint density at radius 1 is 1.33 bits per heavy atom. The number of hydrogen-bond acceptors (Lipinski definition) is 2. The molecule has 15 heavy (non-hydrogen) atoms. The van der Waals surface area contributed by atoms with Gasteiger partial charge in [-0.1, -0.05) is 29.8 Å². The maximum atomic E-state index is 8.61. The van der Waals surface area contributed by atoms with E-state index in [2.05, 4.69) is 11.1 Å². The third kappa shape index (κ3) is 1.98. The molecule has 1 radical (unpaired) electrons. The van der Waals surface area contributed by atoms with Crippen molar-refractivity contribution in [3.63, 3.8) is 0 Å². The molecule has 0 saturated heterocycles. The van der Waals surface area contributed by atoms with Gasteiger partial charge in [0.25, 0.3) is 0 Å². The quantitative estimate of drug-likeness (QED) is 0.730. The highest BCUT2D eigenvalue weighted by Gasteiger charge is 2.02. The Bertz CT molecular complexity index is 512. The lowest BCUT2D eigenvalue weighted by Crippen LogP contribution is -1.84. The SMILES string of the molecule is N#Cc1ccc(-c2ccc[c]c2Cl)cn1. The van der Waals surface area contributed by atoms with Crippen LogP contribution in [0.4, 0.5) is 0 Å². The molecule has 1 aromatic heterocycles. The molecule has 0 unspecified atom stereocenters. The van der Waals surface area contributed by atoms with Crippen LogP contribution < -0.4 is 0 Å². The molecule has 0 spiro atoms. The van der Waals surface area contributed by atoms with Gasteiger partial charge in [0.15, 0.2) is 0 Å². The summed E-state index contributed by atoms with van der Waals surface area (Å²) in [5.74, 6) is 0. The third-order valence-electron chi connectivity index (χ3n) is 1.99. The summed E-state index contributed by atoms with van der Waals surface area (Å²) in [6.07, 6.45) is 1.63. The second-order valence-electron chi connectivity index (χ2n) is 2.94. The molecule has 71 valence electrons. The molecule has 1 aromatic carbocycles. The molecular formula is C12H6ClN2. The summed E-state index contributed by atoms with van der Waals surface area (Å²) in [7, 11) is 0. The molecule has 0 atom stereocenters. The monoisotopic (exact) mass is 213 g/mol. The van der Waals surface area contributed by atoms with Gasteiger partial charge in [0.2, 0.25) is 0 Å². The number of halogens is 1. The highest BCUT2D eigenvalue weighted by molar-refractivity contribution is 6.33. The molecule has 2 rings (SSSR count). The van der Waals surface area contributed by atoms with Gasteiger partial charge >= 0.3 is 0 Å². The summed E-state index contributed by atoms with van der Waals surface area (Å²) in [6.45, 7) is 0. The van der Waals surface area contributed by atoms with Gasteiger partial charge in [-0.05, 0) is 12.1 Å². The minimum absolute atomic E-state index is 0.398. The first-order valence-corrected chi connectivity index (χ1v) is 4.72. The first kappa shape index (κ1) is 9.70. The second kappa shape index (κ2) is 4.12. The predicted molar refractivity (Wildman–Crippen MR) is 58.2 cm³/mol. The van der Waals surface area contributed by atoms with Crippen LogP contribution in [0.1, 0.15) is 5.69 Å². The average Bonchev–Trinajstić information content (AvgIpc) is 2.30. The molecule has 1 heterocycles. The highest BCUT2D eigenvalue weighted by atomic mass is 35.5. The number of aromatic nitrogens is 1. The lowest BCUT2D eigenvalue weighted by atomic mass is 10.1. The smallest absolute Gasteiger partial charge is 0.140 e. The molecule has 0 bridgehead atoms. The Labute approximate surface area is 92.8 Å². The van der Waals surface area contributed by atoms with Gasteiger partial charge in [0.1, 0.15) is 11.8 Å². The maximum absolute atomic E-state index is 8.61. The molecule has 0 aliphatic heterocycles. The van der Waals surface area contributed by atoms with Crippen molar-refractivity contribution in [3.8, 4) is 17.2 Å². The largest absolute Gasteiger partial charge is 0.245 e. The zero-order chi connectivity index (χ0) is 10.7. The summed E-state index contributed by atoms with van der Waals surface area (Å²) >= 11 is 5.98. The fraction of sp³-hybridized carbons (Fsp3) is 0. The van der Waals surface area contributed by atoms with Crippen LogP contribution in [0.5, 0.6) is 0 Å². The van der Waals surface area contributed by atoms with Crippen molar-refractivity contribution in [2.75, 3.05) is 0 Å². The molecule has 0 saturated carbocycles. The van der Waals surface area contributed by atoms with Crippen LogP contribution in [-0.4, -0.2) is 4.98 Å². The molecular weight excluding hydrogens is 208 g/mol. The minimum Gasteiger partial charge on any atom is -0.245 e. The van der Waals surface area contributed by atoms with E-state index in [1.807, 2.05) is 24.3 Å². The van der Waals surface area contributed by atoms with Crippen LogP contribution in [0, 0.1) is 17.4 Å². The Balaban J connectivity index is 2.47. The number of benzene rings is 1. The Morgan fingerprint density at radius 3 is 2.80 bits per heavy atom. The molecule has 0 fully saturated rings. The van der Waals surface area contributed by atoms with Gasteiger partial charge in [0, 0.05) is 23.4 Å². The molecule has 0 amide bonds. The van der Waals surface area contributed by atoms with Gasteiger partial charge in [-0.15, -0.1) is 0 Å². The lowest BCUT2D eigenvalue weighted by Gasteiger charge is -2.02. The van der Waals surface area contributed by atoms with E-state index in [0.717, 1.165) is 11.1 Å². The summed E-state index contributed by atoms with van der Waals surface area (Å²) in [6, 6.07) is 13.9. The lowest BCUT2D eigenvalue weighted by molar-refractivity contribution is 1.26. The van der Waals surface area contributed by atoms with Crippen molar-refractivity contribution in [2.24, 2.45) is 0 Å². The number of pyridine rings is 1. The standard InChI is InChI=1S/C12H6ClN2/c13-12-4-2-1-3-11(12)9-5-6-10(7-14)15-8-9/h1-3,5-6,8H. The van der Waals surface area contributed by atoms with Crippen molar-refractivity contribution in [1.29, 1.82) is 5.26 Å². The fourth-order valence-corrected chi connectivity index (χ4v) is 1.49. The summed E-state index contributed by atoms with van der Waals surface area (Å²) < 4.78 is 0. The third-order valence-corrected chi connectivity index (χ3v) is 2.31. The summed E-state index contributed by atoms with van der Waals surface area (Å²) in [5, 5.41) is 9.17. The van der Waals surface area contributed by atoms with Gasteiger partial charge in [0.05, 0.1) is 5.02 Å². The number of nitriles is 1. The Hall–Kier alpha value is -1.85. The van der Waals surface area contributed by atoms with Crippen LogP contribution in [0.15, 0.2) is 36.5 Å². The molecule has 0 aliphatic rings. The van der Waals surface area contributed by atoms with Crippen molar-refractivity contribution in [1.82, 2.24) is 4.98 Å². The summed E-state index contributed by atoms with van der Waals surface area (Å²) in [5.41, 5.74) is 2.15. The van der Waals surface area contributed by atoms with Crippen molar-refractivity contribution in [2.45, 2.75) is 0 Å². The molecule has 2 aromatic rings. The number of hydrogen-bond donors (Lipinski definition) is 0. The number of rotatable bonds is 1. The maximum Gasteiger partial charge on any atom is 0.140 e. The van der Waals surface area contributed by atoms with E-state index in [-0.39, 0.29) is 0 Å². The highest BCUT2D eigenvalue weighted by Crippen LogP contribution is 2.26. The molecule has 2 nitrogen and oxygen atoms in total. The van der Waals surface area contributed by atoms with E-state index >= 15 is 0 Å². The van der Waals surface area contributed by atoms with Crippen LogP contribution in [0.25, 0.3) is 11.1 Å².